The number of hydrogen-bond acceptors (Lipinski definition) is 5. The fraction of sp³-hybridized carbons (Fsp3) is 0.579. The maximum Gasteiger partial charge on any atom is 0.282 e. The number of morpholine rings is 1. The van der Waals surface area contributed by atoms with Crippen LogP contribution in [0.25, 0.3) is 0 Å². The van der Waals surface area contributed by atoms with Crippen LogP contribution in [0.1, 0.15) is 24.2 Å². The number of carbonyl (C=O) groups excluding carboxylic acids is 2. The molecular formula is C19H27FN4O5S. The van der Waals surface area contributed by atoms with E-state index in [-0.39, 0.29) is 56.4 Å². The van der Waals surface area contributed by atoms with Crippen molar-refractivity contribution in [1.82, 2.24) is 18.8 Å². The van der Waals surface area contributed by atoms with Gasteiger partial charge in [-0.25, -0.2) is 4.39 Å². The van der Waals surface area contributed by atoms with Gasteiger partial charge in [-0.15, -0.1) is 0 Å². The van der Waals surface area contributed by atoms with E-state index in [0.29, 0.717) is 13.1 Å². The molecule has 0 aromatic heterocycles. The van der Waals surface area contributed by atoms with Crippen LogP contribution in [0.15, 0.2) is 24.3 Å². The lowest BCUT2D eigenvalue weighted by molar-refractivity contribution is -0.131. The molecule has 2 amide bonds. The van der Waals surface area contributed by atoms with Crippen LogP contribution in [0.4, 0.5) is 4.39 Å². The maximum atomic E-state index is 13.6. The number of rotatable bonds is 5. The largest absolute Gasteiger partial charge is 0.373 e. The molecule has 0 bridgehead atoms. The Morgan fingerprint density at radius 2 is 1.67 bits per heavy atom. The standard InChI is InChI=1S/C19H27FN4O5S/c1-14-12-24(13-15(2)29-14)30(27,28)23-9-7-22(8-10-23)18(25)11-21-19(26)16-5-3-4-6-17(16)20/h3-6,14-15H,7-13H2,1-2H3,(H,21,26). The highest BCUT2D eigenvalue weighted by Crippen LogP contribution is 2.19. The molecule has 1 aromatic carbocycles. The number of ether oxygens (including phenoxy) is 1. The highest BCUT2D eigenvalue weighted by molar-refractivity contribution is 7.86. The molecule has 1 aromatic rings. The van der Waals surface area contributed by atoms with Crippen molar-refractivity contribution in [3.05, 3.63) is 35.6 Å². The van der Waals surface area contributed by atoms with Gasteiger partial charge < -0.3 is 15.0 Å². The number of amides is 2. The Labute approximate surface area is 175 Å². The summed E-state index contributed by atoms with van der Waals surface area (Å²) < 4.78 is 47.9. The molecule has 9 nitrogen and oxygen atoms in total. The number of hydrogen-bond donors (Lipinski definition) is 1. The molecule has 2 atom stereocenters. The van der Waals surface area contributed by atoms with Crippen LogP contribution in [-0.4, -0.2) is 91.8 Å². The Hall–Kier alpha value is -2.08. The van der Waals surface area contributed by atoms with Crippen LogP contribution in [0, 0.1) is 5.82 Å². The van der Waals surface area contributed by atoms with E-state index in [1.54, 1.807) is 0 Å². The van der Waals surface area contributed by atoms with Crippen LogP contribution in [0.5, 0.6) is 0 Å². The predicted molar refractivity (Wildman–Crippen MR) is 107 cm³/mol. The number of carbonyl (C=O) groups is 2. The van der Waals surface area contributed by atoms with Gasteiger partial charge in [0.2, 0.25) is 5.91 Å². The third-order valence-corrected chi connectivity index (χ3v) is 7.12. The fourth-order valence-electron chi connectivity index (χ4n) is 3.66. The molecule has 2 aliphatic heterocycles. The summed E-state index contributed by atoms with van der Waals surface area (Å²) in [4.78, 5) is 25.9. The lowest BCUT2D eigenvalue weighted by Crippen LogP contribution is -2.58. The van der Waals surface area contributed by atoms with Crippen LogP contribution in [-0.2, 0) is 19.7 Å². The van der Waals surface area contributed by atoms with Crippen molar-refractivity contribution in [3.63, 3.8) is 0 Å². The zero-order chi connectivity index (χ0) is 21.9. The first-order chi connectivity index (χ1) is 14.2. The van der Waals surface area contributed by atoms with E-state index < -0.39 is 21.9 Å². The van der Waals surface area contributed by atoms with E-state index in [0.717, 1.165) is 0 Å². The number of piperazine rings is 1. The van der Waals surface area contributed by atoms with E-state index in [2.05, 4.69) is 5.32 Å². The summed E-state index contributed by atoms with van der Waals surface area (Å²) in [5.74, 6) is -1.67. The zero-order valence-electron chi connectivity index (χ0n) is 17.1. The average Bonchev–Trinajstić information content (AvgIpc) is 2.71. The summed E-state index contributed by atoms with van der Waals surface area (Å²) in [6, 6.07) is 5.52. The lowest BCUT2D eigenvalue weighted by atomic mass is 10.2. The van der Waals surface area contributed by atoms with Crippen LogP contribution >= 0.6 is 0 Å². The summed E-state index contributed by atoms with van der Waals surface area (Å²) in [6.07, 6.45) is -0.353. The highest BCUT2D eigenvalue weighted by atomic mass is 32.2. The van der Waals surface area contributed by atoms with Crippen molar-refractivity contribution in [2.45, 2.75) is 26.1 Å². The topological polar surface area (TPSA) is 99.3 Å². The van der Waals surface area contributed by atoms with Crippen LogP contribution < -0.4 is 5.32 Å². The summed E-state index contributed by atoms with van der Waals surface area (Å²) in [5.41, 5.74) is -0.129. The second-order valence-corrected chi connectivity index (χ2v) is 9.45. The average molecular weight is 443 g/mol. The third kappa shape index (κ3) is 5.15. The first-order valence-corrected chi connectivity index (χ1v) is 11.3. The Balaban J connectivity index is 1.50. The third-order valence-electron chi connectivity index (χ3n) is 5.15. The molecule has 0 spiro atoms. The number of nitrogens with one attached hydrogen (secondary N) is 1. The van der Waals surface area contributed by atoms with Gasteiger partial charge in [0, 0.05) is 39.3 Å². The Kier molecular flexibility index (Phi) is 7.06. The molecule has 2 heterocycles. The minimum Gasteiger partial charge on any atom is -0.373 e. The van der Waals surface area contributed by atoms with Gasteiger partial charge in [-0.2, -0.15) is 17.0 Å². The smallest absolute Gasteiger partial charge is 0.282 e. The van der Waals surface area contributed by atoms with Gasteiger partial charge in [0.05, 0.1) is 24.3 Å². The Bertz CT molecular complexity index is 879. The fourth-order valence-corrected chi connectivity index (χ4v) is 5.41. The summed E-state index contributed by atoms with van der Waals surface area (Å²) in [5, 5.41) is 2.42. The molecule has 166 valence electrons. The minimum atomic E-state index is -3.63. The van der Waals surface area contributed by atoms with Crippen LogP contribution in [0.3, 0.4) is 0 Å². The highest BCUT2D eigenvalue weighted by Gasteiger charge is 2.37. The monoisotopic (exact) mass is 442 g/mol. The molecule has 2 saturated heterocycles. The second-order valence-electron chi connectivity index (χ2n) is 7.52. The van der Waals surface area contributed by atoms with Crippen molar-refractivity contribution in [1.29, 1.82) is 0 Å². The van der Waals surface area contributed by atoms with Gasteiger partial charge in [-0.05, 0) is 26.0 Å². The summed E-state index contributed by atoms with van der Waals surface area (Å²) in [6.45, 7) is 4.80. The molecular weight excluding hydrogens is 415 g/mol. The van der Waals surface area contributed by atoms with E-state index >= 15 is 0 Å². The van der Waals surface area contributed by atoms with Gasteiger partial charge in [-0.1, -0.05) is 12.1 Å². The summed E-state index contributed by atoms with van der Waals surface area (Å²) >= 11 is 0. The first-order valence-electron chi connectivity index (χ1n) is 9.89. The summed E-state index contributed by atoms with van der Waals surface area (Å²) in [7, 11) is -3.63. The molecule has 2 aliphatic rings. The maximum absolute atomic E-state index is 13.6. The van der Waals surface area contributed by atoms with Gasteiger partial charge in [0.25, 0.3) is 16.1 Å². The van der Waals surface area contributed by atoms with E-state index in [4.69, 9.17) is 4.74 Å². The molecule has 2 unspecified atom stereocenters. The van der Waals surface area contributed by atoms with Crippen molar-refractivity contribution in [2.24, 2.45) is 0 Å². The van der Waals surface area contributed by atoms with Crippen molar-refractivity contribution in [3.8, 4) is 0 Å². The molecule has 30 heavy (non-hydrogen) atoms. The van der Waals surface area contributed by atoms with Crippen LogP contribution in [0.2, 0.25) is 0 Å². The molecule has 0 radical (unpaired) electrons. The molecule has 1 N–H and O–H groups in total. The SMILES string of the molecule is CC1CN(S(=O)(=O)N2CCN(C(=O)CNC(=O)c3ccccc3F)CC2)CC(C)O1. The Morgan fingerprint density at radius 3 is 2.27 bits per heavy atom. The quantitative estimate of drug-likeness (QED) is 0.695. The number of benzene rings is 1. The zero-order valence-corrected chi connectivity index (χ0v) is 17.9. The van der Waals surface area contributed by atoms with Gasteiger partial charge in [0.1, 0.15) is 5.82 Å². The Morgan fingerprint density at radius 1 is 1.07 bits per heavy atom. The van der Waals surface area contributed by atoms with E-state index in [1.807, 2.05) is 13.8 Å². The number of nitrogens with zero attached hydrogens (tertiary/aromatic N) is 3. The molecule has 11 heteroatoms. The molecule has 2 fully saturated rings. The van der Waals surface area contributed by atoms with E-state index in [9.17, 15) is 22.4 Å². The molecule has 0 aliphatic carbocycles. The van der Waals surface area contributed by atoms with Crippen molar-refractivity contribution < 1.29 is 27.1 Å². The molecule has 3 rings (SSSR count). The minimum absolute atomic E-state index is 0.129. The lowest BCUT2D eigenvalue weighted by Gasteiger charge is -2.40. The van der Waals surface area contributed by atoms with Gasteiger partial charge >= 0.3 is 0 Å². The normalized spacial score (nSPS) is 23.9. The predicted octanol–water partition coefficient (Wildman–Crippen LogP) is 0.0537. The van der Waals surface area contributed by atoms with Gasteiger partial charge in [0.15, 0.2) is 0 Å². The van der Waals surface area contributed by atoms with Crippen molar-refractivity contribution >= 4 is 22.0 Å². The molecule has 0 saturated carbocycles. The van der Waals surface area contributed by atoms with Gasteiger partial charge in [-0.3, -0.25) is 9.59 Å². The number of halogens is 1. The van der Waals surface area contributed by atoms with Crippen molar-refractivity contribution in [2.75, 3.05) is 45.8 Å². The van der Waals surface area contributed by atoms with E-state index in [1.165, 1.54) is 37.8 Å². The first kappa shape index (κ1) is 22.6. The second kappa shape index (κ2) is 9.38.